The van der Waals surface area contributed by atoms with Crippen LogP contribution in [0.5, 0.6) is 0 Å². The van der Waals surface area contributed by atoms with Gasteiger partial charge >= 0.3 is 11.8 Å². The van der Waals surface area contributed by atoms with Gasteiger partial charge in [0.25, 0.3) is 0 Å². The van der Waals surface area contributed by atoms with Crippen molar-refractivity contribution in [2.24, 2.45) is 5.92 Å². The van der Waals surface area contributed by atoms with Crippen LogP contribution in [0.15, 0.2) is 0 Å². The van der Waals surface area contributed by atoms with Crippen LogP contribution in [0.3, 0.4) is 0 Å². The zero-order chi connectivity index (χ0) is 10.9. The minimum atomic E-state index is -4.54. The molecule has 0 N–H and O–H groups in total. The summed E-state index contributed by atoms with van der Waals surface area (Å²) >= 11 is 0. The Kier molecular flexibility index (Phi) is 3.47. The maximum Gasteiger partial charge on any atom is 0.366 e. The third-order valence-corrected chi connectivity index (χ3v) is 1.50. The predicted molar refractivity (Wildman–Crippen MR) is 40.0 cm³/mol. The Hall–Kier alpha value is -0.610. The van der Waals surface area contributed by atoms with Crippen molar-refractivity contribution in [2.45, 2.75) is 39.0 Å². The van der Waals surface area contributed by atoms with E-state index in [1.807, 2.05) is 0 Å². The number of carbonyl (C=O) groups is 1. The molecule has 0 saturated carbocycles. The molecule has 0 aromatic rings. The van der Waals surface area contributed by atoms with E-state index in [0.29, 0.717) is 0 Å². The Labute approximate surface area is 74.1 Å². The van der Waals surface area contributed by atoms with Crippen molar-refractivity contribution in [1.29, 1.82) is 0 Å². The first-order valence-corrected chi connectivity index (χ1v) is 3.88. The van der Waals surface area contributed by atoms with Gasteiger partial charge in [0, 0.05) is 13.3 Å². The number of halogens is 4. The van der Waals surface area contributed by atoms with Crippen molar-refractivity contribution in [3.63, 3.8) is 0 Å². The third-order valence-electron chi connectivity index (χ3n) is 1.50. The number of rotatable bonds is 4. The SMILES string of the molecule is CC(C)CC(=O)C(F)(F)C(C)(F)F. The van der Waals surface area contributed by atoms with Crippen LogP contribution < -0.4 is 0 Å². The smallest absolute Gasteiger partial charge is 0.293 e. The molecule has 0 aromatic carbocycles. The Balaban J connectivity index is 4.56. The van der Waals surface area contributed by atoms with Crippen molar-refractivity contribution in [3.8, 4) is 0 Å². The summed E-state index contributed by atoms with van der Waals surface area (Å²) in [5.41, 5.74) is 0. The molecule has 78 valence electrons. The Morgan fingerprint density at radius 3 is 1.85 bits per heavy atom. The molecular formula is C8H12F4O. The zero-order valence-corrected chi connectivity index (χ0v) is 7.70. The molecule has 0 unspecified atom stereocenters. The first-order chi connectivity index (χ1) is 5.59. The minimum absolute atomic E-state index is 0.0469. The predicted octanol–water partition coefficient (Wildman–Crippen LogP) is 2.89. The van der Waals surface area contributed by atoms with E-state index in [1.165, 1.54) is 13.8 Å². The largest absolute Gasteiger partial charge is 0.366 e. The van der Waals surface area contributed by atoms with Crippen molar-refractivity contribution in [3.05, 3.63) is 0 Å². The Morgan fingerprint density at radius 2 is 1.62 bits per heavy atom. The van der Waals surface area contributed by atoms with Gasteiger partial charge in [-0.25, -0.2) is 0 Å². The molecular weight excluding hydrogens is 188 g/mol. The highest BCUT2D eigenvalue weighted by molar-refractivity contribution is 5.86. The molecule has 0 saturated heterocycles. The lowest BCUT2D eigenvalue weighted by Crippen LogP contribution is -2.45. The van der Waals surface area contributed by atoms with Crippen molar-refractivity contribution >= 4 is 5.78 Å². The molecule has 0 bridgehead atoms. The molecule has 5 heteroatoms. The average molecular weight is 200 g/mol. The maximum absolute atomic E-state index is 12.6. The lowest BCUT2D eigenvalue weighted by atomic mass is 9.99. The van der Waals surface area contributed by atoms with Crippen molar-refractivity contribution in [2.75, 3.05) is 0 Å². The number of alkyl halides is 4. The van der Waals surface area contributed by atoms with Crippen LogP contribution in [0, 0.1) is 5.92 Å². The molecule has 13 heavy (non-hydrogen) atoms. The molecule has 0 rings (SSSR count). The van der Waals surface area contributed by atoms with E-state index < -0.39 is 24.0 Å². The fraction of sp³-hybridized carbons (Fsp3) is 0.875. The van der Waals surface area contributed by atoms with Crippen LogP contribution in [-0.2, 0) is 4.79 Å². The molecule has 0 aliphatic rings. The molecule has 1 nitrogen and oxygen atoms in total. The van der Waals surface area contributed by atoms with Gasteiger partial charge in [-0.2, -0.15) is 17.6 Å². The van der Waals surface area contributed by atoms with Gasteiger partial charge in [-0.1, -0.05) is 13.8 Å². The van der Waals surface area contributed by atoms with Gasteiger partial charge < -0.3 is 0 Å². The second-order valence-corrected chi connectivity index (χ2v) is 3.48. The minimum Gasteiger partial charge on any atom is -0.293 e. The second-order valence-electron chi connectivity index (χ2n) is 3.48. The summed E-state index contributed by atoms with van der Waals surface area (Å²) in [4.78, 5) is 10.7. The number of carbonyl (C=O) groups excluding carboxylic acids is 1. The lowest BCUT2D eigenvalue weighted by Gasteiger charge is -2.22. The van der Waals surface area contributed by atoms with Crippen LogP contribution >= 0.6 is 0 Å². The first-order valence-electron chi connectivity index (χ1n) is 3.88. The van der Waals surface area contributed by atoms with Crippen LogP contribution in [0.4, 0.5) is 17.6 Å². The summed E-state index contributed by atoms with van der Waals surface area (Å²) in [5, 5.41) is 0. The quantitative estimate of drug-likeness (QED) is 0.637. The lowest BCUT2D eigenvalue weighted by molar-refractivity contribution is -0.201. The molecule has 0 heterocycles. The van der Waals surface area contributed by atoms with Gasteiger partial charge in [0.15, 0.2) is 0 Å². The highest BCUT2D eigenvalue weighted by Crippen LogP contribution is 2.35. The van der Waals surface area contributed by atoms with Crippen molar-refractivity contribution < 1.29 is 22.4 Å². The molecule has 0 spiro atoms. The van der Waals surface area contributed by atoms with Crippen LogP contribution in [0.25, 0.3) is 0 Å². The van der Waals surface area contributed by atoms with E-state index in [2.05, 4.69) is 0 Å². The molecule has 0 atom stereocenters. The summed E-state index contributed by atoms with van der Waals surface area (Å²) in [6.07, 6.45) is -0.531. The summed E-state index contributed by atoms with van der Waals surface area (Å²) in [6, 6.07) is 0. The summed E-state index contributed by atoms with van der Waals surface area (Å²) < 4.78 is 49.6. The highest BCUT2D eigenvalue weighted by Gasteiger charge is 2.57. The van der Waals surface area contributed by atoms with Crippen LogP contribution in [0.2, 0.25) is 0 Å². The monoisotopic (exact) mass is 200 g/mol. The van der Waals surface area contributed by atoms with E-state index in [4.69, 9.17) is 0 Å². The van der Waals surface area contributed by atoms with E-state index in [9.17, 15) is 22.4 Å². The normalized spacial score (nSPS) is 13.5. The van der Waals surface area contributed by atoms with E-state index in [0.717, 1.165) is 0 Å². The molecule has 0 aliphatic heterocycles. The molecule has 0 amide bonds. The fourth-order valence-electron chi connectivity index (χ4n) is 0.744. The summed E-state index contributed by atoms with van der Waals surface area (Å²) in [5.74, 6) is -10.9. The number of ketones is 1. The molecule has 0 radical (unpaired) electrons. The van der Waals surface area contributed by atoms with Gasteiger partial charge in [-0.15, -0.1) is 0 Å². The van der Waals surface area contributed by atoms with Gasteiger partial charge in [-0.3, -0.25) is 4.79 Å². The number of hydrogen-bond acceptors (Lipinski definition) is 1. The average Bonchev–Trinajstić information content (AvgIpc) is 1.82. The Morgan fingerprint density at radius 1 is 1.23 bits per heavy atom. The maximum atomic E-state index is 12.6. The topological polar surface area (TPSA) is 17.1 Å². The molecule has 0 aromatic heterocycles. The highest BCUT2D eigenvalue weighted by atomic mass is 19.3. The van der Waals surface area contributed by atoms with Gasteiger partial charge in [0.1, 0.15) is 0 Å². The number of hydrogen-bond donors (Lipinski definition) is 0. The van der Waals surface area contributed by atoms with Gasteiger partial charge in [-0.05, 0) is 5.92 Å². The zero-order valence-electron chi connectivity index (χ0n) is 7.70. The van der Waals surface area contributed by atoms with Crippen molar-refractivity contribution in [1.82, 2.24) is 0 Å². The summed E-state index contributed by atoms with van der Waals surface area (Å²) in [7, 11) is 0. The standard InChI is InChI=1S/C8H12F4O/c1-5(2)4-6(13)8(11,12)7(3,9)10/h5H,4H2,1-3H3. The van der Waals surface area contributed by atoms with Gasteiger partial charge in [0.05, 0.1) is 0 Å². The fourth-order valence-corrected chi connectivity index (χ4v) is 0.744. The first kappa shape index (κ1) is 12.4. The summed E-state index contributed by atoms with van der Waals surface area (Å²) in [6.45, 7) is 3.08. The third kappa shape index (κ3) is 2.97. The second kappa shape index (κ2) is 3.64. The van der Waals surface area contributed by atoms with E-state index in [-0.39, 0.29) is 12.8 Å². The molecule has 0 aliphatic carbocycles. The number of Topliss-reactive ketones (excluding diaryl/α,β-unsaturated/α-hetero) is 1. The van der Waals surface area contributed by atoms with E-state index >= 15 is 0 Å². The van der Waals surface area contributed by atoms with E-state index in [1.54, 1.807) is 0 Å². The Bertz CT molecular complexity index is 193. The van der Waals surface area contributed by atoms with Crippen LogP contribution in [-0.4, -0.2) is 17.6 Å². The van der Waals surface area contributed by atoms with Gasteiger partial charge in [0.2, 0.25) is 5.78 Å². The molecule has 0 fully saturated rings. The van der Waals surface area contributed by atoms with Crippen LogP contribution in [0.1, 0.15) is 27.2 Å².